The number of benzene rings is 2. The third kappa shape index (κ3) is 3.75. The van der Waals surface area contributed by atoms with Crippen molar-refractivity contribution in [2.45, 2.75) is 20.8 Å². The average Bonchev–Trinajstić information content (AvgIpc) is 2.85. The summed E-state index contributed by atoms with van der Waals surface area (Å²) in [6, 6.07) is 11.6. The van der Waals surface area contributed by atoms with Crippen molar-refractivity contribution in [2.24, 2.45) is 4.99 Å². The number of hydrogen-bond donors (Lipinski definition) is 0. The topological polar surface area (TPSA) is 49.7 Å². The summed E-state index contributed by atoms with van der Waals surface area (Å²) in [6.07, 6.45) is 1.60. The Kier molecular flexibility index (Phi) is 5.04. The Morgan fingerprint density at radius 3 is 2.58 bits per heavy atom. The van der Waals surface area contributed by atoms with Crippen molar-refractivity contribution in [2.75, 3.05) is 4.90 Å². The maximum Gasteiger partial charge on any atom is 0.271 e. The number of hydrogen-bond acceptors (Lipinski definition) is 3. The van der Waals surface area contributed by atoms with Gasteiger partial charge in [0.15, 0.2) is 5.17 Å². The van der Waals surface area contributed by atoms with Crippen LogP contribution in [0.25, 0.3) is 6.08 Å². The van der Waals surface area contributed by atoms with Gasteiger partial charge in [0.05, 0.1) is 10.6 Å². The minimum atomic E-state index is -0.388. The molecule has 26 heavy (non-hydrogen) atoms. The minimum absolute atomic E-state index is 0.289. The van der Waals surface area contributed by atoms with Gasteiger partial charge in [-0.3, -0.25) is 14.5 Å². The quantitative estimate of drug-likeness (QED) is 0.735. The number of amides is 2. The second-order valence-electron chi connectivity index (χ2n) is 5.99. The number of carbonyl (C=O) groups excluding carboxylic acids is 2. The Morgan fingerprint density at radius 2 is 1.92 bits per heavy atom. The fourth-order valence-corrected chi connectivity index (χ4v) is 3.55. The van der Waals surface area contributed by atoms with Gasteiger partial charge in [0.25, 0.3) is 5.91 Å². The van der Waals surface area contributed by atoms with E-state index in [-0.39, 0.29) is 17.6 Å². The number of nitrogens with zero attached hydrogens (tertiary/aromatic N) is 2. The molecule has 2 aromatic rings. The second-order valence-corrected chi connectivity index (χ2v) is 7.00. The molecule has 4 nitrogen and oxygen atoms in total. The molecule has 1 saturated heterocycles. The van der Waals surface area contributed by atoms with Crippen LogP contribution in [0, 0.1) is 19.7 Å². The SMILES string of the molecule is CC(=O)N=C1SC(=Cc2cccc(F)c2)C(=O)N1c1ccc(C)c(C)c1. The third-order valence-electron chi connectivity index (χ3n) is 3.95. The van der Waals surface area contributed by atoms with E-state index in [1.807, 2.05) is 32.0 Å². The molecule has 2 aromatic carbocycles. The monoisotopic (exact) mass is 368 g/mol. The number of anilines is 1. The van der Waals surface area contributed by atoms with Crippen molar-refractivity contribution >= 4 is 40.5 Å². The van der Waals surface area contributed by atoms with E-state index < -0.39 is 0 Å². The molecule has 0 saturated carbocycles. The van der Waals surface area contributed by atoms with E-state index in [4.69, 9.17) is 0 Å². The summed E-state index contributed by atoms with van der Waals surface area (Å²) in [7, 11) is 0. The van der Waals surface area contributed by atoms with E-state index in [2.05, 4.69) is 4.99 Å². The van der Waals surface area contributed by atoms with E-state index in [0.717, 1.165) is 22.9 Å². The molecule has 1 aliphatic rings. The molecule has 0 unspecified atom stereocenters. The van der Waals surface area contributed by atoms with Gasteiger partial charge < -0.3 is 0 Å². The number of thioether (sulfide) groups is 1. The van der Waals surface area contributed by atoms with E-state index in [1.54, 1.807) is 18.2 Å². The maximum absolute atomic E-state index is 13.4. The summed E-state index contributed by atoms with van der Waals surface area (Å²) in [5, 5.41) is 0.299. The van der Waals surface area contributed by atoms with Crippen LogP contribution >= 0.6 is 11.8 Å². The summed E-state index contributed by atoms with van der Waals surface area (Å²) in [6.45, 7) is 5.28. The van der Waals surface area contributed by atoms with Crippen LogP contribution in [0.1, 0.15) is 23.6 Å². The van der Waals surface area contributed by atoms with Crippen molar-refractivity contribution in [3.05, 3.63) is 69.9 Å². The van der Waals surface area contributed by atoms with Crippen molar-refractivity contribution in [1.29, 1.82) is 0 Å². The Morgan fingerprint density at radius 1 is 1.15 bits per heavy atom. The Bertz CT molecular complexity index is 966. The lowest BCUT2D eigenvalue weighted by Crippen LogP contribution is -2.29. The number of aryl methyl sites for hydroxylation is 2. The minimum Gasteiger partial charge on any atom is -0.273 e. The van der Waals surface area contributed by atoms with Crippen LogP contribution < -0.4 is 4.90 Å². The fourth-order valence-electron chi connectivity index (χ4n) is 2.52. The molecule has 0 N–H and O–H groups in total. The van der Waals surface area contributed by atoms with Gasteiger partial charge in [-0.15, -0.1) is 0 Å². The smallest absolute Gasteiger partial charge is 0.271 e. The molecular formula is C20H17FN2O2S. The highest BCUT2D eigenvalue weighted by Gasteiger charge is 2.35. The molecule has 2 amide bonds. The normalized spacial score (nSPS) is 17.4. The van der Waals surface area contributed by atoms with Crippen LogP contribution in [-0.4, -0.2) is 17.0 Å². The first-order valence-corrected chi connectivity index (χ1v) is 8.83. The first-order valence-electron chi connectivity index (χ1n) is 8.01. The third-order valence-corrected chi connectivity index (χ3v) is 4.92. The average molecular weight is 368 g/mol. The van der Waals surface area contributed by atoms with Crippen LogP contribution in [0.15, 0.2) is 52.4 Å². The van der Waals surface area contributed by atoms with Crippen molar-refractivity contribution < 1.29 is 14.0 Å². The lowest BCUT2D eigenvalue weighted by atomic mass is 10.1. The second kappa shape index (κ2) is 7.25. The van der Waals surface area contributed by atoms with Crippen molar-refractivity contribution in [1.82, 2.24) is 0 Å². The molecule has 1 aliphatic heterocycles. The van der Waals surface area contributed by atoms with Gasteiger partial charge in [0, 0.05) is 6.92 Å². The van der Waals surface area contributed by atoms with Gasteiger partial charge >= 0.3 is 0 Å². The molecule has 132 valence electrons. The fraction of sp³-hybridized carbons (Fsp3) is 0.150. The highest BCUT2D eigenvalue weighted by Crippen LogP contribution is 2.36. The molecule has 0 spiro atoms. The molecule has 6 heteroatoms. The predicted octanol–water partition coefficient (Wildman–Crippen LogP) is 4.47. The molecule has 0 atom stereocenters. The highest BCUT2D eigenvalue weighted by molar-refractivity contribution is 8.19. The molecule has 3 rings (SSSR count). The molecule has 0 aliphatic carbocycles. The lowest BCUT2D eigenvalue weighted by Gasteiger charge is -2.16. The lowest BCUT2D eigenvalue weighted by molar-refractivity contribution is -0.115. The number of carbonyl (C=O) groups is 2. The molecule has 1 fully saturated rings. The summed E-state index contributed by atoms with van der Waals surface area (Å²) in [5.41, 5.74) is 3.36. The van der Waals surface area contributed by atoms with Crippen LogP contribution in [0.3, 0.4) is 0 Å². The van der Waals surface area contributed by atoms with E-state index >= 15 is 0 Å². The first kappa shape index (κ1) is 18.1. The summed E-state index contributed by atoms with van der Waals surface area (Å²) in [5.74, 6) is -1.05. The van der Waals surface area contributed by atoms with Gasteiger partial charge in [0.2, 0.25) is 5.91 Å². The Hall–Kier alpha value is -2.73. The van der Waals surface area contributed by atoms with E-state index in [0.29, 0.717) is 21.3 Å². The van der Waals surface area contributed by atoms with Gasteiger partial charge in [-0.05, 0) is 72.6 Å². The van der Waals surface area contributed by atoms with Crippen LogP contribution in [0.4, 0.5) is 10.1 Å². The Labute approximate surface area is 155 Å². The van der Waals surface area contributed by atoms with Crippen molar-refractivity contribution in [3.8, 4) is 0 Å². The van der Waals surface area contributed by atoms with Gasteiger partial charge in [0.1, 0.15) is 5.82 Å². The molecule has 0 radical (unpaired) electrons. The largest absolute Gasteiger partial charge is 0.273 e. The van der Waals surface area contributed by atoms with Crippen LogP contribution in [-0.2, 0) is 9.59 Å². The Balaban J connectivity index is 2.05. The van der Waals surface area contributed by atoms with E-state index in [1.165, 1.54) is 24.0 Å². The zero-order valence-electron chi connectivity index (χ0n) is 14.6. The van der Waals surface area contributed by atoms with Crippen molar-refractivity contribution in [3.63, 3.8) is 0 Å². The first-order chi connectivity index (χ1) is 12.3. The zero-order chi connectivity index (χ0) is 18.8. The maximum atomic E-state index is 13.4. The van der Waals surface area contributed by atoms with Crippen LogP contribution in [0.5, 0.6) is 0 Å². The number of halogens is 1. The van der Waals surface area contributed by atoms with E-state index in [9.17, 15) is 14.0 Å². The molecule has 0 aromatic heterocycles. The number of aliphatic imine (C=N–C) groups is 1. The molecule has 0 bridgehead atoms. The predicted molar refractivity (Wildman–Crippen MR) is 103 cm³/mol. The van der Waals surface area contributed by atoms with Gasteiger partial charge in [-0.1, -0.05) is 18.2 Å². The molecule has 1 heterocycles. The summed E-state index contributed by atoms with van der Waals surface area (Å²) >= 11 is 1.10. The van der Waals surface area contributed by atoms with Gasteiger partial charge in [-0.25, -0.2) is 4.39 Å². The summed E-state index contributed by atoms with van der Waals surface area (Å²) in [4.78, 5) is 30.2. The number of rotatable bonds is 2. The van der Waals surface area contributed by atoms with Gasteiger partial charge in [-0.2, -0.15) is 4.99 Å². The van der Waals surface area contributed by atoms with Crippen LogP contribution in [0.2, 0.25) is 0 Å². The number of amidine groups is 1. The zero-order valence-corrected chi connectivity index (χ0v) is 15.4. The molecular weight excluding hydrogens is 351 g/mol. The standard InChI is InChI=1S/C20H17FN2O2S/c1-12-7-8-17(9-13(12)2)23-19(25)18(26-20(23)22-14(3)24)11-15-5-4-6-16(21)10-15/h4-11H,1-3H3. The highest BCUT2D eigenvalue weighted by atomic mass is 32.2. The summed E-state index contributed by atoms with van der Waals surface area (Å²) < 4.78 is 13.4.